The van der Waals surface area contributed by atoms with Crippen molar-refractivity contribution < 1.29 is 8.42 Å². The van der Waals surface area contributed by atoms with E-state index in [0.29, 0.717) is 24.9 Å². The maximum absolute atomic E-state index is 12.7. The van der Waals surface area contributed by atoms with E-state index < -0.39 is 10.2 Å². The lowest BCUT2D eigenvalue weighted by Crippen LogP contribution is -2.51. The second-order valence-corrected chi connectivity index (χ2v) is 8.35. The Morgan fingerprint density at radius 1 is 1.10 bits per heavy atom. The lowest BCUT2D eigenvalue weighted by molar-refractivity contribution is 0.186. The topological polar surface area (TPSA) is 43.9 Å². The highest BCUT2D eigenvalue weighted by atomic mass is 35.5. The van der Waals surface area contributed by atoms with Gasteiger partial charge in [0.05, 0.1) is 0 Å². The molecule has 0 aromatic heterocycles. The molecule has 2 heterocycles. The number of hydrogen-bond donors (Lipinski definition) is 0. The number of hydrogen-bond acceptors (Lipinski definition) is 3. The van der Waals surface area contributed by atoms with Gasteiger partial charge < -0.3 is 4.90 Å². The fourth-order valence-corrected chi connectivity index (χ4v) is 4.96. The van der Waals surface area contributed by atoms with Crippen LogP contribution in [0.25, 0.3) is 0 Å². The van der Waals surface area contributed by atoms with Crippen LogP contribution < -0.4 is 0 Å². The molecule has 0 saturated carbocycles. The largest absolute Gasteiger partial charge is 0.306 e. The predicted molar refractivity (Wildman–Crippen MR) is 82.2 cm³/mol. The Hall–Kier alpha value is 0.120. The molecule has 0 spiro atoms. The minimum Gasteiger partial charge on any atom is -0.306 e. The van der Waals surface area contributed by atoms with Crippen molar-refractivity contribution >= 4 is 21.8 Å². The van der Waals surface area contributed by atoms with E-state index >= 15 is 0 Å². The first-order chi connectivity index (χ1) is 9.45. The summed E-state index contributed by atoms with van der Waals surface area (Å²) in [6.07, 6.45) is 3.60. The minimum absolute atomic E-state index is 0.141. The van der Waals surface area contributed by atoms with Gasteiger partial charge in [0.2, 0.25) is 0 Å². The van der Waals surface area contributed by atoms with E-state index in [9.17, 15) is 8.42 Å². The van der Waals surface area contributed by atoms with E-state index in [-0.39, 0.29) is 6.04 Å². The van der Waals surface area contributed by atoms with Crippen molar-refractivity contribution in [2.45, 2.75) is 31.7 Å². The number of likely N-dealkylation sites (tertiary alicyclic amines) is 1. The van der Waals surface area contributed by atoms with Crippen molar-refractivity contribution in [3.63, 3.8) is 0 Å². The molecule has 20 heavy (non-hydrogen) atoms. The third-order valence-corrected chi connectivity index (χ3v) is 7.16. The van der Waals surface area contributed by atoms with E-state index in [0.717, 1.165) is 38.8 Å². The Kier molecular flexibility index (Phi) is 5.71. The zero-order chi connectivity index (χ0) is 14.8. The van der Waals surface area contributed by atoms with Crippen LogP contribution in [0, 0.1) is 5.92 Å². The summed E-state index contributed by atoms with van der Waals surface area (Å²) in [4.78, 5) is 2.25. The predicted octanol–water partition coefficient (Wildman–Crippen LogP) is 1.21. The Morgan fingerprint density at radius 2 is 1.65 bits per heavy atom. The molecule has 0 amide bonds. The minimum atomic E-state index is -3.31. The maximum atomic E-state index is 12.7. The Labute approximate surface area is 128 Å². The van der Waals surface area contributed by atoms with Crippen molar-refractivity contribution in [1.82, 2.24) is 13.5 Å². The molecule has 0 aliphatic carbocycles. The van der Waals surface area contributed by atoms with Gasteiger partial charge in [-0.3, -0.25) is 0 Å². The summed E-state index contributed by atoms with van der Waals surface area (Å²) in [6, 6.07) is 0.141. The number of nitrogens with zero attached hydrogens (tertiary/aromatic N) is 3. The highest BCUT2D eigenvalue weighted by molar-refractivity contribution is 7.86. The molecule has 0 unspecified atom stereocenters. The summed E-state index contributed by atoms with van der Waals surface area (Å²) in [5, 5.41) is 0. The van der Waals surface area contributed by atoms with Gasteiger partial charge in [-0.25, -0.2) is 0 Å². The zero-order valence-corrected chi connectivity index (χ0v) is 14.0. The van der Waals surface area contributed by atoms with E-state index in [1.165, 1.54) is 0 Å². The Bertz CT molecular complexity index is 402. The van der Waals surface area contributed by atoms with Crippen LogP contribution in [0.3, 0.4) is 0 Å². The Morgan fingerprint density at radius 3 is 2.15 bits per heavy atom. The van der Waals surface area contributed by atoms with Gasteiger partial charge in [0, 0.05) is 32.1 Å². The van der Waals surface area contributed by atoms with Gasteiger partial charge in [-0.1, -0.05) is 0 Å². The molecule has 2 fully saturated rings. The Balaban J connectivity index is 1.95. The third-order valence-electron chi connectivity index (χ3n) is 4.68. The summed E-state index contributed by atoms with van der Waals surface area (Å²) in [5.41, 5.74) is 0. The van der Waals surface area contributed by atoms with E-state index in [4.69, 9.17) is 11.6 Å². The molecule has 0 aromatic carbocycles. The van der Waals surface area contributed by atoms with E-state index in [1.54, 1.807) is 15.7 Å². The lowest BCUT2D eigenvalue weighted by Gasteiger charge is -2.38. The quantitative estimate of drug-likeness (QED) is 0.730. The average molecular weight is 324 g/mol. The van der Waals surface area contributed by atoms with E-state index in [1.807, 2.05) is 0 Å². The molecule has 0 aromatic rings. The first-order valence-electron chi connectivity index (χ1n) is 7.42. The van der Waals surface area contributed by atoms with Crippen LogP contribution >= 0.6 is 11.6 Å². The first-order valence-corrected chi connectivity index (χ1v) is 9.36. The van der Waals surface area contributed by atoms with E-state index in [2.05, 4.69) is 11.9 Å². The third kappa shape index (κ3) is 3.65. The molecule has 0 N–H and O–H groups in total. The number of halogens is 1. The van der Waals surface area contributed by atoms with Gasteiger partial charge in [-0.15, -0.1) is 11.6 Å². The van der Waals surface area contributed by atoms with Gasteiger partial charge >= 0.3 is 0 Å². The van der Waals surface area contributed by atoms with Gasteiger partial charge in [-0.05, 0) is 51.7 Å². The molecule has 2 saturated heterocycles. The maximum Gasteiger partial charge on any atom is 0.281 e. The fraction of sp³-hybridized carbons (Fsp3) is 1.00. The first kappa shape index (κ1) is 16.5. The standard InChI is InChI=1S/C13H26ClN3O2S/c1-15-7-5-13(6-8-15)16(2)20(18,19)17-9-3-12(11-14)4-10-17/h12-13H,3-11H2,1-2H3. The van der Waals surface area contributed by atoms with Gasteiger partial charge in [0.25, 0.3) is 10.2 Å². The molecule has 2 rings (SSSR count). The molecule has 2 aliphatic heterocycles. The van der Waals surface area contributed by atoms with Crippen LogP contribution in [0.5, 0.6) is 0 Å². The summed E-state index contributed by atoms with van der Waals surface area (Å²) < 4.78 is 28.6. The van der Waals surface area contributed by atoms with Crippen LogP contribution in [-0.2, 0) is 10.2 Å². The molecular formula is C13H26ClN3O2S. The molecule has 0 atom stereocenters. The summed E-state index contributed by atoms with van der Waals surface area (Å²) >= 11 is 5.86. The zero-order valence-electron chi connectivity index (χ0n) is 12.5. The molecule has 5 nitrogen and oxygen atoms in total. The van der Waals surface area contributed by atoms with Crippen molar-refractivity contribution in [2.75, 3.05) is 46.2 Å². The van der Waals surface area contributed by atoms with Crippen molar-refractivity contribution in [1.29, 1.82) is 0 Å². The van der Waals surface area contributed by atoms with Crippen molar-refractivity contribution in [2.24, 2.45) is 5.92 Å². The van der Waals surface area contributed by atoms with Gasteiger partial charge in [-0.2, -0.15) is 17.0 Å². The van der Waals surface area contributed by atoms with Crippen LogP contribution in [0.1, 0.15) is 25.7 Å². The number of alkyl halides is 1. The second kappa shape index (κ2) is 6.92. The summed E-state index contributed by atoms with van der Waals surface area (Å²) in [6.45, 7) is 3.16. The van der Waals surface area contributed by atoms with Crippen LogP contribution in [0.15, 0.2) is 0 Å². The van der Waals surface area contributed by atoms with Crippen LogP contribution in [-0.4, -0.2) is 74.1 Å². The number of piperidine rings is 2. The summed E-state index contributed by atoms with van der Waals surface area (Å²) in [7, 11) is 0.514. The molecule has 0 bridgehead atoms. The molecule has 0 radical (unpaired) electrons. The number of rotatable bonds is 4. The van der Waals surface area contributed by atoms with Gasteiger partial charge in [0.1, 0.15) is 0 Å². The van der Waals surface area contributed by atoms with Crippen molar-refractivity contribution in [3.8, 4) is 0 Å². The van der Waals surface area contributed by atoms with Crippen LogP contribution in [0.2, 0.25) is 0 Å². The van der Waals surface area contributed by atoms with Gasteiger partial charge in [0.15, 0.2) is 0 Å². The lowest BCUT2D eigenvalue weighted by atomic mass is 10.0. The van der Waals surface area contributed by atoms with Crippen LogP contribution in [0.4, 0.5) is 0 Å². The molecule has 7 heteroatoms. The normalized spacial score (nSPS) is 25.4. The monoisotopic (exact) mass is 323 g/mol. The highest BCUT2D eigenvalue weighted by Crippen LogP contribution is 2.24. The average Bonchev–Trinajstić information content (AvgIpc) is 2.47. The fourth-order valence-electron chi connectivity index (χ4n) is 3.02. The molecule has 2 aliphatic rings. The smallest absolute Gasteiger partial charge is 0.281 e. The molecular weight excluding hydrogens is 298 g/mol. The highest BCUT2D eigenvalue weighted by Gasteiger charge is 2.35. The summed E-state index contributed by atoms with van der Waals surface area (Å²) in [5.74, 6) is 1.11. The van der Waals surface area contributed by atoms with Crippen molar-refractivity contribution in [3.05, 3.63) is 0 Å². The second-order valence-electron chi connectivity index (χ2n) is 6.06. The molecule has 118 valence electrons. The SMILES string of the molecule is CN1CCC(N(C)S(=O)(=O)N2CCC(CCl)CC2)CC1.